The molecule has 0 spiro atoms. The molecule has 0 saturated heterocycles. The first-order valence-electron chi connectivity index (χ1n) is 49.7. The summed E-state index contributed by atoms with van der Waals surface area (Å²) in [5.74, 6) is 0.744. The van der Waals surface area contributed by atoms with Crippen molar-refractivity contribution < 1.29 is 0 Å². The number of pyridine rings is 3. The smallest absolute Gasteiger partial charge is 0.160 e. The second kappa shape index (κ2) is 33.2. The minimum absolute atomic E-state index is 0.0717. The molecule has 0 aliphatic heterocycles. The molecule has 5 nitrogen and oxygen atoms in total. The Labute approximate surface area is 830 Å². The van der Waals surface area contributed by atoms with E-state index >= 15 is 0 Å². The summed E-state index contributed by atoms with van der Waals surface area (Å²) in [5, 5.41) is 24.2. The first-order chi connectivity index (χ1) is 70.2. The molecule has 0 N–H and O–H groups in total. The number of hydrogen-bond donors (Lipinski definition) is 0. The Morgan fingerprint density at radius 3 is 0.853 bits per heavy atom. The topological polar surface area (TPSA) is 64.5 Å². The maximum atomic E-state index is 5.44. The Morgan fingerprint density at radius 1 is 0.154 bits per heavy atom. The summed E-state index contributed by atoms with van der Waals surface area (Å²) in [6, 6.07) is 162. The number of nitrogens with zero attached hydrogens (tertiary/aromatic N) is 5. The summed E-state index contributed by atoms with van der Waals surface area (Å²) < 4.78 is 0. The van der Waals surface area contributed by atoms with E-state index in [-0.39, 0.29) is 16.2 Å². The van der Waals surface area contributed by atoms with E-state index in [1.165, 1.54) is 225 Å². The monoisotopic (exact) mass is 1820 g/mol. The number of aromatic nitrogens is 5. The number of rotatable bonds is 9. The Balaban J connectivity index is 0.000000108. The summed E-state index contributed by atoms with van der Waals surface area (Å²) >= 11 is 0. The molecule has 4 aromatic heterocycles. The molecule has 0 fully saturated rings. The molecule has 0 atom stereocenters. The summed E-state index contributed by atoms with van der Waals surface area (Å²) in [4.78, 5) is 24.6. The molecule has 672 valence electrons. The number of hydrogen-bond acceptors (Lipinski definition) is 5. The fraction of sp³-hybridized carbons (Fsp3) is 0.0652. The van der Waals surface area contributed by atoms with Crippen LogP contribution in [-0.2, 0) is 16.2 Å². The van der Waals surface area contributed by atoms with Crippen molar-refractivity contribution in [2.24, 2.45) is 0 Å². The average molecular weight is 1820 g/mol. The first-order valence-corrected chi connectivity index (χ1v) is 49.7. The van der Waals surface area contributed by atoms with Crippen molar-refractivity contribution in [2.45, 2.75) is 57.8 Å². The van der Waals surface area contributed by atoms with Gasteiger partial charge < -0.3 is 0 Å². The van der Waals surface area contributed by atoms with Gasteiger partial charge in [0.05, 0.1) is 22.4 Å². The number of benzene rings is 22. The molecule has 26 aromatic rings. The third kappa shape index (κ3) is 13.5. The lowest BCUT2D eigenvalue weighted by atomic mass is 9.80. The van der Waals surface area contributed by atoms with E-state index < -0.39 is 0 Å². The highest BCUT2D eigenvalue weighted by molar-refractivity contribution is 6.27. The van der Waals surface area contributed by atoms with E-state index in [0.717, 1.165) is 60.9 Å². The van der Waals surface area contributed by atoms with Crippen LogP contribution in [0.1, 0.15) is 74.9 Å². The van der Waals surface area contributed by atoms with Gasteiger partial charge in [-0.3, -0.25) is 9.97 Å². The summed E-state index contributed by atoms with van der Waals surface area (Å²) in [6.07, 6.45) is 7.44. The molecule has 5 heteroatoms. The van der Waals surface area contributed by atoms with Crippen LogP contribution in [0.5, 0.6) is 0 Å². The van der Waals surface area contributed by atoms with Crippen molar-refractivity contribution in [3.05, 3.63) is 501 Å². The van der Waals surface area contributed by atoms with Crippen LogP contribution in [-0.4, -0.2) is 24.9 Å². The molecular formula is C138H95N5. The standard InChI is InChI=1S/C51H34N2.C44H31N.C43H30N2/c1-51(2)43-18-8-7-16-40(43)47-41(17-9-19-44(47)51)46-37-14-5-6-15-38(37)48(45-27-25-33-22-21-32-13-10-28-52-49(32)50(33)53-45)39-26-24-36(30-42(39)46)35-23-20-31-11-3-4-12-34(31)29-35;1-44(2)38-18-8-7-16-35(38)42-36(17-11-19-39(42)44)41-32-14-5-6-15-33(32)43(40-20-9-10-25-45-40)34-24-23-31(27-37(34)41)30-22-21-28-12-3-4-13-29(28)26-30;1-43(2)37-17-8-7-15-34(37)40-35(16-9-18-38(40)43)39-31-13-5-6-14-32(31)41(42-44-23-10-24-45-42)33-22-21-30(26-36(33)39)29-20-19-27-11-3-4-12-28(27)25-29/h3-30H,1-2H3;3-27H,1-2H3;3-26H,1-2H3. The van der Waals surface area contributed by atoms with Gasteiger partial charge in [-0.1, -0.05) is 418 Å². The fourth-order valence-corrected chi connectivity index (χ4v) is 24.5. The van der Waals surface area contributed by atoms with Gasteiger partial charge in [-0.25, -0.2) is 15.0 Å². The maximum absolute atomic E-state index is 5.44. The van der Waals surface area contributed by atoms with E-state index in [1.54, 1.807) is 0 Å². The Morgan fingerprint density at radius 2 is 0.441 bits per heavy atom. The van der Waals surface area contributed by atoms with Crippen LogP contribution in [0.15, 0.2) is 468 Å². The van der Waals surface area contributed by atoms with E-state index in [1.807, 2.05) is 43.0 Å². The van der Waals surface area contributed by atoms with E-state index in [4.69, 9.17) is 24.9 Å². The quantitative estimate of drug-likeness (QED) is 0.106. The van der Waals surface area contributed by atoms with Gasteiger partial charge in [0.25, 0.3) is 0 Å². The molecule has 0 bridgehead atoms. The Kier molecular flexibility index (Phi) is 19.6. The summed E-state index contributed by atoms with van der Waals surface area (Å²) in [7, 11) is 0. The van der Waals surface area contributed by atoms with Gasteiger partial charge in [-0.2, -0.15) is 0 Å². The van der Waals surface area contributed by atoms with Gasteiger partial charge in [-0.15, -0.1) is 0 Å². The maximum Gasteiger partial charge on any atom is 0.160 e. The van der Waals surface area contributed by atoms with Crippen molar-refractivity contribution in [2.75, 3.05) is 0 Å². The van der Waals surface area contributed by atoms with Crippen LogP contribution in [0.3, 0.4) is 0 Å². The molecule has 143 heavy (non-hydrogen) atoms. The zero-order chi connectivity index (χ0) is 95.5. The van der Waals surface area contributed by atoms with Gasteiger partial charge in [0, 0.05) is 68.5 Å². The van der Waals surface area contributed by atoms with Gasteiger partial charge in [-0.05, 0) is 297 Å². The van der Waals surface area contributed by atoms with E-state index in [2.05, 4.69) is 466 Å². The first kappa shape index (κ1) is 84.5. The second-order valence-corrected chi connectivity index (χ2v) is 40.2. The lowest BCUT2D eigenvalue weighted by Gasteiger charge is -2.23. The number of fused-ring (bicyclic) bond motifs is 21. The van der Waals surface area contributed by atoms with Crippen molar-refractivity contribution in [3.63, 3.8) is 0 Å². The molecule has 3 aliphatic carbocycles. The Hall–Kier alpha value is -17.8. The predicted octanol–water partition coefficient (Wildman–Crippen LogP) is 36.6. The van der Waals surface area contributed by atoms with Crippen LogP contribution in [0.25, 0.3) is 253 Å². The van der Waals surface area contributed by atoms with E-state index in [9.17, 15) is 0 Å². The van der Waals surface area contributed by atoms with Crippen LogP contribution < -0.4 is 0 Å². The summed E-state index contributed by atoms with van der Waals surface area (Å²) in [6.45, 7) is 14.2. The average Bonchev–Trinajstić information content (AvgIpc) is 1.36. The largest absolute Gasteiger partial charge is 0.256 e. The predicted molar refractivity (Wildman–Crippen MR) is 602 cm³/mol. The molecule has 3 aliphatic rings. The van der Waals surface area contributed by atoms with Crippen LogP contribution in [0, 0.1) is 0 Å². The molecule has 29 rings (SSSR count). The molecule has 4 heterocycles. The van der Waals surface area contributed by atoms with E-state index in [0.29, 0.717) is 0 Å². The highest BCUT2D eigenvalue weighted by Gasteiger charge is 2.41. The van der Waals surface area contributed by atoms with Gasteiger partial charge in [0.2, 0.25) is 0 Å². The van der Waals surface area contributed by atoms with Gasteiger partial charge in [0.1, 0.15) is 0 Å². The highest BCUT2D eigenvalue weighted by atomic mass is 14.9. The minimum Gasteiger partial charge on any atom is -0.256 e. The molecular weight excluding hydrogens is 1730 g/mol. The third-order valence-corrected chi connectivity index (χ3v) is 31.3. The summed E-state index contributed by atoms with van der Waals surface area (Å²) in [5.41, 5.74) is 38.1. The lowest BCUT2D eigenvalue weighted by Crippen LogP contribution is -2.14. The Bertz CT molecular complexity index is 9480. The van der Waals surface area contributed by atoms with Crippen LogP contribution in [0.2, 0.25) is 0 Å². The van der Waals surface area contributed by atoms with Crippen LogP contribution in [0.4, 0.5) is 0 Å². The molecule has 0 unspecified atom stereocenters. The van der Waals surface area contributed by atoms with Crippen molar-refractivity contribution in [1.82, 2.24) is 24.9 Å². The zero-order valence-electron chi connectivity index (χ0n) is 80.2. The van der Waals surface area contributed by atoms with Crippen molar-refractivity contribution in [3.8, 4) is 134 Å². The lowest BCUT2D eigenvalue weighted by molar-refractivity contribution is 0.660. The molecule has 0 saturated carbocycles. The SMILES string of the molecule is CC1(C)c2ccccc2-c2c(-c3c4ccccc4c(-c4ccc5ccc6cccnc6c5n4)c4ccc(-c5ccc6ccccc6c5)cc34)cccc21.CC1(C)c2ccccc2-c2c(-c3c4ccccc4c(-c4ccccn4)c4ccc(-c5ccc6ccccc6c5)cc34)cccc21.CC1(C)c2ccccc2-c2c(-c3c4ccccc4c(-c4ncccn4)c4ccc(-c5ccc6ccccc6c5)cc34)cccc21. The molecule has 22 aromatic carbocycles. The van der Waals surface area contributed by atoms with Crippen molar-refractivity contribution in [1.29, 1.82) is 0 Å². The normalized spacial score (nSPS) is 13.3. The minimum atomic E-state index is -0.102. The molecule has 0 radical (unpaired) electrons. The highest BCUT2D eigenvalue weighted by Crippen LogP contribution is 2.60. The van der Waals surface area contributed by atoms with Crippen molar-refractivity contribution >= 4 is 119 Å². The van der Waals surface area contributed by atoms with Gasteiger partial charge >= 0.3 is 0 Å². The van der Waals surface area contributed by atoms with Crippen LogP contribution >= 0.6 is 0 Å². The third-order valence-electron chi connectivity index (χ3n) is 31.3. The zero-order valence-corrected chi connectivity index (χ0v) is 80.2. The second-order valence-electron chi connectivity index (χ2n) is 40.2. The van der Waals surface area contributed by atoms with Gasteiger partial charge in [0.15, 0.2) is 5.82 Å². The fourth-order valence-electron chi connectivity index (χ4n) is 24.5. The molecule has 0 amide bonds.